The highest BCUT2D eigenvalue weighted by molar-refractivity contribution is 5.48. The molecule has 0 bridgehead atoms. The van der Waals surface area contributed by atoms with Crippen molar-refractivity contribution in [3.8, 4) is 5.75 Å². The van der Waals surface area contributed by atoms with Crippen LogP contribution in [0.25, 0.3) is 0 Å². The van der Waals surface area contributed by atoms with Gasteiger partial charge in [-0.05, 0) is 50.4 Å². The quantitative estimate of drug-likeness (QED) is 0.755. The molecule has 2 unspecified atom stereocenters. The second kappa shape index (κ2) is 3.24. The SMILES string of the molecule is CNC1c2cc3c(cc2OC1C)CCC3. The number of rotatable bonds is 1. The third-order valence-corrected chi connectivity index (χ3v) is 3.65. The van der Waals surface area contributed by atoms with Gasteiger partial charge in [0.1, 0.15) is 11.9 Å². The minimum atomic E-state index is 0.257. The van der Waals surface area contributed by atoms with Crippen molar-refractivity contribution < 1.29 is 4.74 Å². The van der Waals surface area contributed by atoms with Crippen molar-refractivity contribution in [1.82, 2.24) is 5.32 Å². The molecule has 15 heavy (non-hydrogen) atoms. The van der Waals surface area contributed by atoms with Crippen molar-refractivity contribution in [2.75, 3.05) is 7.05 Å². The standard InChI is InChI=1S/C13H17NO/c1-8-13(14-2)11-6-9-4-3-5-10(9)7-12(11)15-8/h6-8,13-14H,3-5H2,1-2H3. The third kappa shape index (κ3) is 1.28. The fraction of sp³-hybridized carbons (Fsp3) is 0.538. The molecule has 0 saturated heterocycles. The maximum absolute atomic E-state index is 5.87. The van der Waals surface area contributed by atoms with Gasteiger partial charge in [-0.3, -0.25) is 0 Å². The molecule has 1 N–H and O–H groups in total. The number of benzene rings is 1. The molecule has 2 heteroatoms. The van der Waals surface area contributed by atoms with E-state index >= 15 is 0 Å². The minimum absolute atomic E-state index is 0.257. The summed E-state index contributed by atoms with van der Waals surface area (Å²) in [7, 11) is 2.01. The zero-order chi connectivity index (χ0) is 10.4. The largest absolute Gasteiger partial charge is 0.488 e. The summed E-state index contributed by atoms with van der Waals surface area (Å²) in [5.41, 5.74) is 4.38. The zero-order valence-electron chi connectivity index (χ0n) is 9.34. The second-order valence-electron chi connectivity index (χ2n) is 4.60. The van der Waals surface area contributed by atoms with Crippen molar-refractivity contribution in [1.29, 1.82) is 0 Å². The Morgan fingerprint density at radius 1 is 1.27 bits per heavy atom. The molecule has 2 aliphatic rings. The minimum Gasteiger partial charge on any atom is -0.488 e. The third-order valence-electron chi connectivity index (χ3n) is 3.65. The fourth-order valence-corrected chi connectivity index (χ4v) is 2.88. The molecule has 0 fully saturated rings. The summed E-state index contributed by atoms with van der Waals surface area (Å²) in [5, 5.41) is 3.34. The highest BCUT2D eigenvalue weighted by Gasteiger charge is 2.31. The van der Waals surface area contributed by atoms with Crippen LogP contribution in [0, 0.1) is 0 Å². The van der Waals surface area contributed by atoms with Crippen molar-refractivity contribution in [3.63, 3.8) is 0 Å². The Morgan fingerprint density at radius 2 is 2.00 bits per heavy atom. The molecule has 0 spiro atoms. The Bertz CT molecular complexity index is 400. The van der Waals surface area contributed by atoms with Gasteiger partial charge in [-0.25, -0.2) is 0 Å². The lowest BCUT2D eigenvalue weighted by atomic mass is 10.00. The molecule has 1 aromatic rings. The summed E-state index contributed by atoms with van der Waals surface area (Å²) in [6, 6.07) is 4.97. The van der Waals surface area contributed by atoms with Gasteiger partial charge in [-0.1, -0.05) is 6.07 Å². The molecule has 2 nitrogen and oxygen atoms in total. The highest BCUT2D eigenvalue weighted by Crippen LogP contribution is 2.40. The molecular formula is C13H17NO. The maximum atomic E-state index is 5.87. The van der Waals surface area contributed by atoms with E-state index in [-0.39, 0.29) is 6.10 Å². The van der Waals surface area contributed by atoms with E-state index < -0.39 is 0 Å². The molecule has 1 aliphatic carbocycles. The van der Waals surface area contributed by atoms with Gasteiger partial charge >= 0.3 is 0 Å². The average molecular weight is 203 g/mol. The summed E-state index contributed by atoms with van der Waals surface area (Å²) in [6.07, 6.45) is 4.03. The number of nitrogens with one attached hydrogen (secondary N) is 1. The lowest BCUT2D eigenvalue weighted by Crippen LogP contribution is -2.25. The molecule has 80 valence electrons. The topological polar surface area (TPSA) is 21.3 Å². The molecule has 0 amide bonds. The van der Waals surface area contributed by atoms with Gasteiger partial charge in [0.15, 0.2) is 0 Å². The number of ether oxygens (including phenoxy) is 1. The summed E-state index contributed by atoms with van der Waals surface area (Å²) in [5.74, 6) is 1.10. The maximum Gasteiger partial charge on any atom is 0.125 e. The monoisotopic (exact) mass is 203 g/mol. The second-order valence-corrected chi connectivity index (χ2v) is 4.60. The van der Waals surface area contributed by atoms with Gasteiger partial charge < -0.3 is 10.1 Å². The van der Waals surface area contributed by atoms with Gasteiger partial charge in [0, 0.05) is 5.56 Å². The van der Waals surface area contributed by atoms with E-state index in [1.807, 2.05) is 7.05 Å². The number of likely N-dealkylation sites (N-methyl/N-ethyl adjacent to an activating group) is 1. The van der Waals surface area contributed by atoms with Crippen molar-refractivity contribution in [2.45, 2.75) is 38.3 Å². The van der Waals surface area contributed by atoms with Gasteiger partial charge in [0.2, 0.25) is 0 Å². The number of fused-ring (bicyclic) bond motifs is 2. The first-order valence-corrected chi connectivity index (χ1v) is 5.79. The van der Waals surface area contributed by atoms with E-state index in [9.17, 15) is 0 Å². The summed E-state index contributed by atoms with van der Waals surface area (Å²) < 4.78 is 5.87. The lowest BCUT2D eigenvalue weighted by molar-refractivity contribution is 0.214. The molecule has 0 aromatic heterocycles. The van der Waals surface area contributed by atoms with Crippen LogP contribution >= 0.6 is 0 Å². The number of hydrogen-bond donors (Lipinski definition) is 1. The van der Waals surface area contributed by atoms with Crippen molar-refractivity contribution in [3.05, 3.63) is 28.8 Å². The van der Waals surface area contributed by atoms with Gasteiger partial charge in [0.05, 0.1) is 6.04 Å². The fourth-order valence-electron chi connectivity index (χ4n) is 2.88. The number of aryl methyl sites for hydroxylation is 2. The van der Waals surface area contributed by atoms with E-state index in [0.717, 1.165) is 5.75 Å². The lowest BCUT2D eigenvalue weighted by Gasteiger charge is -2.13. The van der Waals surface area contributed by atoms with Crippen LogP contribution in [0.3, 0.4) is 0 Å². The van der Waals surface area contributed by atoms with E-state index in [2.05, 4.69) is 24.4 Å². The van der Waals surface area contributed by atoms with Crippen LogP contribution in [-0.2, 0) is 12.8 Å². The summed E-state index contributed by atoms with van der Waals surface area (Å²) in [6.45, 7) is 2.13. The molecule has 0 radical (unpaired) electrons. The van der Waals surface area contributed by atoms with Crippen LogP contribution in [0.2, 0.25) is 0 Å². The molecular weight excluding hydrogens is 186 g/mol. The highest BCUT2D eigenvalue weighted by atomic mass is 16.5. The first-order chi connectivity index (χ1) is 7.29. The van der Waals surface area contributed by atoms with Gasteiger partial charge in [-0.2, -0.15) is 0 Å². The summed E-state index contributed by atoms with van der Waals surface area (Å²) >= 11 is 0. The van der Waals surface area contributed by atoms with E-state index in [1.165, 1.54) is 36.0 Å². The van der Waals surface area contributed by atoms with E-state index in [0.29, 0.717) is 6.04 Å². The Labute approximate surface area is 90.6 Å². The van der Waals surface area contributed by atoms with Crippen LogP contribution in [0.5, 0.6) is 5.75 Å². The van der Waals surface area contributed by atoms with Crippen LogP contribution in [-0.4, -0.2) is 13.2 Å². The first kappa shape index (κ1) is 9.22. The zero-order valence-corrected chi connectivity index (χ0v) is 9.34. The van der Waals surface area contributed by atoms with E-state index in [4.69, 9.17) is 4.74 Å². The van der Waals surface area contributed by atoms with Gasteiger partial charge in [0.25, 0.3) is 0 Å². The molecule has 2 atom stereocenters. The number of hydrogen-bond acceptors (Lipinski definition) is 2. The van der Waals surface area contributed by atoms with Gasteiger partial charge in [-0.15, -0.1) is 0 Å². The van der Waals surface area contributed by atoms with Crippen molar-refractivity contribution >= 4 is 0 Å². The van der Waals surface area contributed by atoms with Crippen molar-refractivity contribution in [2.24, 2.45) is 0 Å². The predicted molar refractivity (Wildman–Crippen MR) is 60.4 cm³/mol. The summed E-state index contributed by atoms with van der Waals surface area (Å²) in [4.78, 5) is 0. The molecule has 3 rings (SSSR count). The molecule has 1 aromatic carbocycles. The van der Waals surface area contributed by atoms with Crippen LogP contribution < -0.4 is 10.1 Å². The molecule has 1 heterocycles. The average Bonchev–Trinajstić information content (AvgIpc) is 2.76. The Hall–Kier alpha value is -1.02. The van der Waals surface area contributed by atoms with E-state index in [1.54, 1.807) is 0 Å². The molecule has 1 aliphatic heterocycles. The van der Waals surface area contributed by atoms with Crippen LogP contribution in [0.4, 0.5) is 0 Å². The smallest absolute Gasteiger partial charge is 0.125 e. The van der Waals surface area contributed by atoms with Crippen LogP contribution in [0.1, 0.15) is 36.1 Å². The Balaban J connectivity index is 2.08. The normalized spacial score (nSPS) is 27.3. The Morgan fingerprint density at radius 3 is 2.73 bits per heavy atom. The first-order valence-electron chi connectivity index (χ1n) is 5.79. The molecule has 0 saturated carbocycles. The predicted octanol–water partition coefficient (Wildman–Crippen LogP) is 2.22. The van der Waals surface area contributed by atoms with Crippen LogP contribution in [0.15, 0.2) is 12.1 Å². The Kier molecular flexibility index (Phi) is 1.99.